The highest BCUT2D eigenvalue weighted by Gasteiger charge is 2.17. The summed E-state index contributed by atoms with van der Waals surface area (Å²) in [6.07, 6.45) is 5.23. The van der Waals surface area contributed by atoms with Gasteiger partial charge in [0.05, 0.1) is 0 Å². The quantitative estimate of drug-likeness (QED) is 0.739. The maximum absolute atomic E-state index is 12.7. The molecule has 0 aromatic heterocycles. The monoisotopic (exact) mass is 405 g/mol. The van der Waals surface area contributed by atoms with Gasteiger partial charge in [0.2, 0.25) is 0 Å². The number of amides is 1. The molecule has 0 aliphatic carbocycles. The van der Waals surface area contributed by atoms with E-state index in [1.807, 2.05) is 12.1 Å². The van der Waals surface area contributed by atoms with Crippen LogP contribution < -0.4 is 5.32 Å². The van der Waals surface area contributed by atoms with Crippen molar-refractivity contribution >= 4 is 5.91 Å². The van der Waals surface area contributed by atoms with Gasteiger partial charge in [-0.1, -0.05) is 43.3 Å². The largest absolute Gasteiger partial charge is 0.348 e. The van der Waals surface area contributed by atoms with Crippen molar-refractivity contribution in [3.8, 4) is 0 Å². The van der Waals surface area contributed by atoms with E-state index >= 15 is 0 Å². The number of benzene rings is 2. The first-order valence-corrected chi connectivity index (χ1v) is 11.6. The summed E-state index contributed by atoms with van der Waals surface area (Å²) in [5.74, 6) is 0.793. The molecule has 0 bridgehead atoms. The molecule has 30 heavy (non-hydrogen) atoms. The summed E-state index contributed by atoms with van der Waals surface area (Å²) in [6.45, 7) is 9.61. The molecule has 4 rings (SSSR count). The second-order valence-electron chi connectivity index (χ2n) is 9.11. The zero-order chi connectivity index (χ0) is 20.8. The highest BCUT2D eigenvalue weighted by atomic mass is 16.1. The van der Waals surface area contributed by atoms with E-state index in [1.54, 1.807) is 0 Å². The number of likely N-dealkylation sites (tertiary alicyclic amines) is 2. The van der Waals surface area contributed by atoms with Crippen LogP contribution in [0.4, 0.5) is 0 Å². The third kappa shape index (κ3) is 5.71. The van der Waals surface area contributed by atoms with Crippen LogP contribution in [0.2, 0.25) is 0 Å². The number of hydrogen-bond acceptors (Lipinski definition) is 3. The summed E-state index contributed by atoms with van der Waals surface area (Å²) in [7, 11) is 0. The van der Waals surface area contributed by atoms with Crippen molar-refractivity contribution < 1.29 is 4.79 Å². The summed E-state index contributed by atoms with van der Waals surface area (Å²) < 4.78 is 0. The zero-order valence-corrected chi connectivity index (χ0v) is 18.3. The fourth-order valence-electron chi connectivity index (χ4n) is 4.79. The fourth-order valence-corrected chi connectivity index (χ4v) is 4.79. The lowest BCUT2D eigenvalue weighted by atomic mass is 9.99. The summed E-state index contributed by atoms with van der Waals surface area (Å²) in [6, 6.07) is 16.6. The molecule has 0 unspecified atom stereocenters. The minimum atomic E-state index is 0.00382. The number of rotatable bonds is 7. The van der Waals surface area contributed by atoms with E-state index < -0.39 is 0 Å². The average molecular weight is 406 g/mol. The summed E-state index contributed by atoms with van der Waals surface area (Å²) in [5.41, 5.74) is 4.57. The Hall–Kier alpha value is -2.17. The molecule has 160 valence electrons. The second kappa shape index (κ2) is 10.2. The molecule has 2 aromatic carbocycles. The molecule has 0 radical (unpaired) electrons. The van der Waals surface area contributed by atoms with Crippen LogP contribution in [0.5, 0.6) is 0 Å². The maximum Gasteiger partial charge on any atom is 0.251 e. The molecule has 4 nitrogen and oxygen atoms in total. The van der Waals surface area contributed by atoms with Crippen LogP contribution in [0.1, 0.15) is 59.7 Å². The first kappa shape index (κ1) is 21.1. The van der Waals surface area contributed by atoms with Crippen LogP contribution in [0.25, 0.3) is 0 Å². The number of carbonyl (C=O) groups is 1. The standard InChI is InChI=1S/C26H35N3O/c1-21-7-6-16-29(18-21)19-22-10-12-23(13-11-22)26(30)27-17-24-8-2-3-9-25(24)20-28-14-4-5-15-28/h2-3,8-13,21H,4-7,14-20H2,1H3,(H,27,30)/t21-/m0/s1. The van der Waals surface area contributed by atoms with Crippen molar-refractivity contribution in [3.05, 3.63) is 70.8 Å². The highest BCUT2D eigenvalue weighted by molar-refractivity contribution is 5.94. The van der Waals surface area contributed by atoms with Gasteiger partial charge in [-0.25, -0.2) is 0 Å². The van der Waals surface area contributed by atoms with Gasteiger partial charge in [-0.2, -0.15) is 0 Å². The smallest absolute Gasteiger partial charge is 0.251 e. The Morgan fingerprint density at radius 3 is 2.33 bits per heavy atom. The number of piperidine rings is 1. The van der Waals surface area contributed by atoms with Gasteiger partial charge < -0.3 is 5.32 Å². The van der Waals surface area contributed by atoms with Crippen LogP contribution in [0.15, 0.2) is 48.5 Å². The molecule has 2 aliphatic heterocycles. The average Bonchev–Trinajstić information content (AvgIpc) is 3.27. The lowest BCUT2D eigenvalue weighted by molar-refractivity contribution is 0.0950. The summed E-state index contributed by atoms with van der Waals surface area (Å²) in [4.78, 5) is 17.7. The first-order valence-electron chi connectivity index (χ1n) is 11.6. The summed E-state index contributed by atoms with van der Waals surface area (Å²) in [5, 5.41) is 3.12. The van der Waals surface area contributed by atoms with Crippen molar-refractivity contribution in [3.63, 3.8) is 0 Å². The Morgan fingerprint density at radius 1 is 0.900 bits per heavy atom. The molecule has 1 amide bonds. The van der Waals surface area contributed by atoms with E-state index in [-0.39, 0.29) is 5.91 Å². The van der Waals surface area contributed by atoms with E-state index in [0.29, 0.717) is 6.54 Å². The van der Waals surface area contributed by atoms with Crippen LogP contribution in [-0.2, 0) is 19.6 Å². The lowest BCUT2D eigenvalue weighted by Gasteiger charge is -2.30. The van der Waals surface area contributed by atoms with E-state index in [9.17, 15) is 4.79 Å². The van der Waals surface area contributed by atoms with Gasteiger partial charge >= 0.3 is 0 Å². The zero-order valence-electron chi connectivity index (χ0n) is 18.3. The highest BCUT2D eigenvalue weighted by Crippen LogP contribution is 2.19. The molecule has 0 spiro atoms. The topological polar surface area (TPSA) is 35.6 Å². The van der Waals surface area contributed by atoms with Gasteiger partial charge in [0.1, 0.15) is 0 Å². The number of nitrogens with zero attached hydrogens (tertiary/aromatic N) is 2. The molecule has 2 aliphatic rings. The van der Waals surface area contributed by atoms with Crippen molar-refractivity contribution in [2.24, 2.45) is 5.92 Å². The van der Waals surface area contributed by atoms with E-state index in [4.69, 9.17) is 0 Å². The number of nitrogens with one attached hydrogen (secondary N) is 1. The molecule has 0 saturated carbocycles. The van der Waals surface area contributed by atoms with Crippen molar-refractivity contribution in [1.29, 1.82) is 0 Å². The Kier molecular flexibility index (Phi) is 7.19. The van der Waals surface area contributed by atoms with Gasteiger partial charge in [-0.05, 0) is 80.1 Å². The van der Waals surface area contributed by atoms with Gasteiger partial charge in [0.15, 0.2) is 0 Å². The molecule has 1 atom stereocenters. The van der Waals surface area contributed by atoms with Gasteiger partial charge in [-0.15, -0.1) is 0 Å². The number of hydrogen-bond donors (Lipinski definition) is 1. The molecule has 4 heteroatoms. The van der Waals surface area contributed by atoms with Crippen molar-refractivity contribution in [1.82, 2.24) is 15.1 Å². The van der Waals surface area contributed by atoms with Gasteiger partial charge in [-0.3, -0.25) is 14.6 Å². The van der Waals surface area contributed by atoms with Gasteiger partial charge in [0, 0.05) is 31.7 Å². The Morgan fingerprint density at radius 2 is 1.60 bits per heavy atom. The SMILES string of the molecule is C[C@H]1CCCN(Cc2ccc(C(=O)NCc3ccccc3CN3CCCC3)cc2)C1. The first-order chi connectivity index (χ1) is 14.7. The third-order valence-corrected chi connectivity index (χ3v) is 6.51. The van der Waals surface area contributed by atoms with Crippen LogP contribution in [0.3, 0.4) is 0 Å². The molecule has 1 N–H and O–H groups in total. The fraction of sp³-hybridized carbons (Fsp3) is 0.500. The minimum Gasteiger partial charge on any atom is -0.348 e. The molecule has 2 fully saturated rings. The molecular formula is C26H35N3O. The van der Waals surface area contributed by atoms with E-state index in [2.05, 4.69) is 58.4 Å². The van der Waals surface area contributed by atoms with Gasteiger partial charge in [0.25, 0.3) is 5.91 Å². The second-order valence-corrected chi connectivity index (χ2v) is 9.11. The Bertz CT molecular complexity index is 826. The van der Waals surface area contributed by atoms with Crippen molar-refractivity contribution in [2.45, 2.75) is 52.2 Å². The molecule has 2 saturated heterocycles. The Labute approximate surface area is 181 Å². The van der Waals surface area contributed by atoms with Crippen LogP contribution in [0, 0.1) is 5.92 Å². The van der Waals surface area contributed by atoms with E-state index in [0.717, 1.165) is 24.6 Å². The molecular weight excluding hydrogens is 370 g/mol. The predicted octanol–water partition coefficient (Wildman–Crippen LogP) is 4.44. The van der Waals surface area contributed by atoms with Crippen LogP contribution >= 0.6 is 0 Å². The Balaban J connectivity index is 1.31. The summed E-state index contributed by atoms with van der Waals surface area (Å²) >= 11 is 0. The third-order valence-electron chi connectivity index (χ3n) is 6.51. The number of carbonyl (C=O) groups excluding carboxylic acids is 1. The lowest BCUT2D eigenvalue weighted by Crippen LogP contribution is -2.33. The van der Waals surface area contributed by atoms with Crippen LogP contribution in [-0.4, -0.2) is 41.9 Å². The molecule has 2 aromatic rings. The maximum atomic E-state index is 12.7. The normalized spacial score (nSPS) is 20.4. The van der Waals surface area contributed by atoms with E-state index in [1.165, 1.54) is 68.6 Å². The predicted molar refractivity (Wildman–Crippen MR) is 122 cm³/mol. The van der Waals surface area contributed by atoms with Crippen molar-refractivity contribution in [2.75, 3.05) is 26.2 Å². The minimum absolute atomic E-state index is 0.00382. The molecule has 2 heterocycles.